The molecule has 1 rings (SSSR count). The first-order valence-electron chi connectivity index (χ1n) is 4.82. The van der Waals surface area contributed by atoms with Crippen molar-refractivity contribution >= 4 is 17.2 Å². The number of amides is 1. The van der Waals surface area contributed by atoms with E-state index in [0.717, 1.165) is 10.4 Å². The van der Waals surface area contributed by atoms with Crippen molar-refractivity contribution in [2.45, 2.75) is 19.6 Å². The Morgan fingerprint density at radius 2 is 2.24 bits per heavy atom. The molecule has 0 aliphatic rings. The lowest BCUT2D eigenvalue weighted by Gasteiger charge is -2.08. The van der Waals surface area contributed by atoms with Gasteiger partial charge in [-0.3, -0.25) is 4.79 Å². The lowest BCUT2D eigenvalue weighted by atomic mass is 10.3. The molecule has 1 heterocycles. The number of ether oxygens (including phenoxy) is 1. The molecule has 1 aromatic heterocycles. The van der Waals surface area contributed by atoms with Crippen LogP contribution in [-0.4, -0.2) is 25.3 Å². The molecule has 0 aliphatic carbocycles. The van der Waals surface area contributed by atoms with E-state index in [2.05, 4.69) is 10.1 Å². The summed E-state index contributed by atoms with van der Waals surface area (Å²) in [5, 5.41) is 4.38. The van der Waals surface area contributed by atoms with Gasteiger partial charge in [-0.15, -0.1) is 11.3 Å². The van der Waals surface area contributed by atoms with Gasteiger partial charge in [0, 0.05) is 4.88 Å². The number of aryl methyl sites for hydroxylation is 1. The van der Waals surface area contributed by atoms with Crippen LogP contribution >= 0.6 is 11.3 Å². The Hall–Kier alpha value is -1.08. The molecule has 0 bridgehead atoms. The molecule has 0 unspecified atom stereocenters. The zero-order chi connectivity index (χ0) is 12.9. The van der Waals surface area contributed by atoms with Crippen LogP contribution in [0.3, 0.4) is 0 Å². The summed E-state index contributed by atoms with van der Waals surface area (Å²) < 4.78 is 39.4. The van der Waals surface area contributed by atoms with Gasteiger partial charge in [0.2, 0.25) is 5.91 Å². The smallest absolute Gasteiger partial charge is 0.362 e. The molecule has 3 nitrogen and oxygen atoms in total. The molecule has 0 atom stereocenters. The van der Waals surface area contributed by atoms with Gasteiger partial charge >= 0.3 is 6.18 Å². The van der Waals surface area contributed by atoms with E-state index in [9.17, 15) is 18.0 Å². The topological polar surface area (TPSA) is 38.3 Å². The first kappa shape index (κ1) is 14.0. The molecular formula is C10H12F3NO2S. The molecular weight excluding hydrogens is 255 g/mol. The van der Waals surface area contributed by atoms with Gasteiger partial charge in [0.05, 0.1) is 6.54 Å². The Balaban J connectivity index is 2.20. The average molecular weight is 267 g/mol. The molecule has 96 valence electrons. The number of carbonyl (C=O) groups excluding carboxylic acids is 1. The number of hydrogen-bond acceptors (Lipinski definition) is 3. The number of nitrogens with one attached hydrogen (secondary N) is 1. The monoisotopic (exact) mass is 267 g/mol. The minimum absolute atomic E-state index is 0.317. The predicted octanol–water partition coefficient (Wildman–Crippen LogP) is 2.25. The van der Waals surface area contributed by atoms with Crippen LogP contribution in [0.1, 0.15) is 10.4 Å². The summed E-state index contributed by atoms with van der Waals surface area (Å²) in [7, 11) is 0. The highest BCUT2D eigenvalue weighted by molar-refractivity contribution is 7.10. The van der Waals surface area contributed by atoms with Crippen molar-refractivity contribution in [1.82, 2.24) is 5.32 Å². The first-order chi connectivity index (χ1) is 7.88. The maximum Gasteiger partial charge on any atom is 0.411 e. The zero-order valence-corrected chi connectivity index (χ0v) is 9.95. The van der Waals surface area contributed by atoms with Gasteiger partial charge in [-0.2, -0.15) is 13.2 Å². The molecule has 0 saturated heterocycles. The SMILES string of the molecule is Cc1ccsc1CNC(=O)COCC(F)(F)F. The molecule has 7 heteroatoms. The summed E-state index contributed by atoms with van der Waals surface area (Å²) in [4.78, 5) is 12.1. The van der Waals surface area contributed by atoms with Crippen LogP contribution in [0.4, 0.5) is 13.2 Å². The van der Waals surface area contributed by atoms with Crippen molar-refractivity contribution in [2.24, 2.45) is 0 Å². The zero-order valence-electron chi connectivity index (χ0n) is 9.13. The van der Waals surface area contributed by atoms with E-state index in [4.69, 9.17) is 0 Å². The van der Waals surface area contributed by atoms with Crippen LogP contribution in [0, 0.1) is 6.92 Å². The fraction of sp³-hybridized carbons (Fsp3) is 0.500. The maximum atomic E-state index is 11.7. The first-order valence-corrected chi connectivity index (χ1v) is 5.70. The third kappa shape index (κ3) is 5.69. The van der Waals surface area contributed by atoms with Crippen molar-refractivity contribution < 1.29 is 22.7 Å². The van der Waals surface area contributed by atoms with Gasteiger partial charge in [0.25, 0.3) is 0 Å². The Kier molecular flexibility index (Phi) is 4.95. The fourth-order valence-electron chi connectivity index (χ4n) is 1.07. The Labute approximate surface area is 101 Å². The lowest BCUT2D eigenvalue weighted by Crippen LogP contribution is -2.29. The molecule has 1 aromatic rings. The van der Waals surface area contributed by atoms with E-state index < -0.39 is 25.3 Å². The lowest BCUT2D eigenvalue weighted by molar-refractivity contribution is -0.175. The van der Waals surface area contributed by atoms with Gasteiger partial charge in [-0.1, -0.05) is 0 Å². The Bertz CT molecular complexity index is 376. The summed E-state index contributed by atoms with van der Waals surface area (Å²) in [6, 6.07) is 1.91. The molecule has 1 amide bonds. The molecule has 17 heavy (non-hydrogen) atoms. The number of halogens is 3. The molecule has 0 radical (unpaired) electrons. The summed E-state index contributed by atoms with van der Waals surface area (Å²) in [5.41, 5.74) is 1.05. The van der Waals surface area contributed by atoms with Crippen molar-refractivity contribution in [3.8, 4) is 0 Å². The Morgan fingerprint density at radius 1 is 1.53 bits per heavy atom. The molecule has 0 saturated carbocycles. The molecule has 0 fully saturated rings. The normalized spacial score (nSPS) is 11.5. The van der Waals surface area contributed by atoms with Crippen LogP contribution in [-0.2, 0) is 16.1 Å². The fourth-order valence-corrected chi connectivity index (χ4v) is 1.92. The van der Waals surface area contributed by atoms with Crippen molar-refractivity contribution in [1.29, 1.82) is 0 Å². The average Bonchev–Trinajstić information content (AvgIpc) is 2.59. The minimum Gasteiger partial charge on any atom is -0.362 e. The quantitative estimate of drug-likeness (QED) is 0.888. The molecule has 0 aromatic carbocycles. The number of rotatable bonds is 5. The van der Waals surface area contributed by atoms with E-state index in [-0.39, 0.29) is 0 Å². The van der Waals surface area contributed by atoms with Crippen LogP contribution < -0.4 is 5.32 Å². The van der Waals surface area contributed by atoms with Gasteiger partial charge in [-0.25, -0.2) is 0 Å². The second kappa shape index (κ2) is 6.02. The van der Waals surface area contributed by atoms with Crippen LogP contribution in [0.5, 0.6) is 0 Å². The largest absolute Gasteiger partial charge is 0.411 e. The van der Waals surface area contributed by atoms with E-state index in [1.54, 1.807) is 0 Å². The third-order valence-electron chi connectivity index (χ3n) is 1.91. The van der Waals surface area contributed by atoms with Gasteiger partial charge < -0.3 is 10.1 Å². The third-order valence-corrected chi connectivity index (χ3v) is 2.94. The van der Waals surface area contributed by atoms with Crippen LogP contribution in [0.25, 0.3) is 0 Å². The maximum absolute atomic E-state index is 11.7. The number of hydrogen-bond donors (Lipinski definition) is 1. The molecule has 0 aliphatic heterocycles. The van der Waals surface area contributed by atoms with Gasteiger partial charge in [0.1, 0.15) is 13.2 Å². The summed E-state index contributed by atoms with van der Waals surface area (Å²) >= 11 is 1.48. The van der Waals surface area contributed by atoms with Crippen molar-refractivity contribution in [2.75, 3.05) is 13.2 Å². The minimum atomic E-state index is -4.40. The second-order valence-electron chi connectivity index (χ2n) is 3.41. The van der Waals surface area contributed by atoms with Crippen molar-refractivity contribution in [3.05, 3.63) is 21.9 Å². The highest BCUT2D eigenvalue weighted by Crippen LogP contribution is 2.15. The van der Waals surface area contributed by atoms with Crippen LogP contribution in [0.2, 0.25) is 0 Å². The van der Waals surface area contributed by atoms with Gasteiger partial charge in [0.15, 0.2) is 0 Å². The highest BCUT2D eigenvalue weighted by atomic mass is 32.1. The van der Waals surface area contributed by atoms with Crippen molar-refractivity contribution in [3.63, 3.8) is 0 Å². The van der Waals surface area contributed by atoms with Gasteiger partial charge in [-0.05, 0) is 23.9 Å². The van der Waals surface area contributed by atoms with E-state index in [1.165, 1.54) is 11.3 Å². The van der Waals surface area contributed by atoms with E-state index in [0.29, 0.717) is 6.54 Å². The second-order valence-corrected chi connectivity index (χ2v) is 4.41. The standard InChI is InChI=1S/C10H12F3NO2S/c1-7-2-3-17-8(7)4-14-9(15)5-16-6-10(11,12)13/h2-3H,4-6H2,1H3,(H,14,15). The highest BCUT2D eigenvalue weighted by Gasteiger charge is 2.27. The number of thiophene rings is 1. The Morgan fingerprint density at radius 3 is 2.76 bits per heavy atom. The molecule has 1 N–H and O–H groups in total. The predicted molar refractivity (Wildman–Crippen MR) is 57.8 cm³/mol. The summed E-state index contributed by atoms with van der Waals surface area (Å²) in [6.07, 6.45) is -4.40. The van der Waals surface area contributed by atoms with Crippen LogP contribution in [0.15, 0.2) is 11.4 Å². The number of alkyl halides is 3. The van der Waals surface area contributed by atoms with E-state index >= 15 is 0 Å². The summed E-state index contributed by atoms with van der Waals surface area (Å²) in [5.74, 6) is -0.554. The number of carbonyl (C=O) groups is 1. The molecule has 0 spiro atoms. The van der Waals surface area contributed by atoms with E-state index in [1.807, 2.05) is 18.4 Å². The summed E-state index contributed by atoms with van der Waals surface area (Å²) in [6.45, 7) is 0.234.